The lowest BCUT2D eigenvalue weighted by molar-refractivity contribution is -0.119. The number of amides is 2. The molecule has 2 rings (SSSR count). The first kappa shape index (κ1) is 15.5. The van der Waals surface area contributed by atoms with Gasteiger partial charge >= 0.3 is 0 Å². The molecular weight excluding hydrogens is 266 g/mol. The van der Waals surface area contributed by atoms with Gasteiger partial charge in [0.25, 0.3) is 5.91 Å². The van der Waals surface area contributed by atoms with Crippen molar-refractivity contribution in [3.05, 3.63) is 35.4 Å². The first-order valence-electron chi connectivity index (χ1n) is 7.26. The van der Waals surface area contributed by atoms with Crippen LogP contribution in [0.15, 0.2) is 24.3 Å². The highest BCUT2D eigenvalue weighted by Gasteiger charge is 2.35. The molecule has 114 valence electrons. The molecule has 1 fully saturated rings. The van der Waals surface area contributed by atoms with Crippen LogP contribution < -0.4 is 11.1 Å². The summed E-state index contributed by atoms with van der Waals surface area (Å²) in [5, 5.41) is 2.74. The summed E-state index contributed by atoms with van der Waals surface area (Å²) in [6, 6.07) is 7.39. The van der Waals surface area contributed by atoms with Crippen molar-refractivity contribution in [1.82, 2.24) is 10.2 Å². The highest BCUT2D eigenvalue weighted by molar-refractivity contribution is 5.94. The minimum Gasteiger partial charge on any atom is -0.352 e. The molecule has 0 radical (unpaired) electrons. The van der Waals surface area contributed by atoms with Crippen molar-refractivity contribution in [2.45, 2.75) is 26.8 Å². The maximum Gasteiger partial charge on any atom is 0.253 e. The van der Waals surface area contributed by atoms with Crippen molar-refractivity contribution < 1.29 is 9.59 Å². The molecule has 5 heteroatoms. The lowest BCUT2D eigenvalue weighted by Gasteiger charge is -2.22. The predicted molar refractivity (Wildman–Crippen MR) is 81.6 cm³/mol. The molecule has 1 atom stereocenters. The minimum atomic E-state index is -0.0618. The molecule has 1 aliphatic heterocycles. The Kier molecular flexibility index (Phi) is 4.63. The third-order valence-electron chi connectivity index (χ3n) is 4.08. The standard InChI is InChI=1S/C16H23N3O2/c1-12(20)18-9-13-3-5-14(6-4-13)15(21)19-8-7-16(2,10-17)11-19/h3-6H,7-11,17H2,1-2H3,(H,18,20). The van der Waals surface area contributed by atoms with E-state index in [-0.39, 0.29) is 17.2 Å². The van der Waals surface area contributed by atoms with E-state index in [2.05, 4.69) is 12.2 Å². The van der Waals surface area contributed by atoms with Crippen LogP contribution in [-0.2, 0) is 11.3 Å². The maximum absolute atomic E-state index is 12.4. The van der Waals surface area contributed by atoms with Crippen molar-refractivity contribution in [3.8, 4) is 0 Å². The molecule has 0 spiro atoms. The van der Waals surface area contributed by atoms with Crippen LogP contribution in [0.3, 0.4) is 0 Å². The summed E-state index contributed by atoms with van der Waals surface area (Å²) in [6.07, 6.45) is 0.954. The lowest BCUT2D eigenvalue weighted by Crippen LogP contribution is -2.34. The average Bonchev–Trinajstić information content (AvgIpc) is 2.88. The fraction of sp³-hybridized carbons (Fsp3) is 0.500. The minimum absolute atomic E-state index is 0.0427. The van der Waals surface area contributed by atoms with Gasteiger partial charge in [0, 0.05) is 32.1 Å². The summed E-state index contributed by atoms with van der Waals surface area (Å²) in [4.78, 5) is 25.2. The quantitative estimate of drug-likeness (QED) is 0.872. The number of carbonyl (C=O) groups excluding carboxylic acids is 2. The Bertz CT molecular complexity index is 527. The van der Waals surface area contributed by atoms with Crippen LogP contribution in [0.5, 0.6) is 0 Å². The Morgan fingerprint density at radius 1 is 1.33 bits per heavy atom. The molecule has 1 heterocycles. The van der Waals surface area contributed by atoms with Crippen molar-refractivity contribution in [2.24, 2.45) is 11.1 Å². The van der Waals surface area contributed by atoms with E-state index in [4.69, 9.17) is 5.73 Å². The van der Waals surface area contributed by atoms with Gasteiger partial charge in [0.05, 0.1) is 0 Å². The largest absolute Gasteiger partial charge is 0.352 e. The molecule has 1 aliphatic rings. The number of rotatable bonds is 4. The van der Waals surface area contributed by atoms with E-state index < -0.39 is 0 Å². The van der Waals surface area contributed by atoms with Gasteiger partial charge in [0.2, 0.25) is 5.91 Å². The Balaban J connectivity index is 1.99. The molecule has 0 aliphatic carbocycles. The number of nitrogens with one attached hydrogen (secondary N) is 1. The van der Waals surface area contributed by atoms with Gasteiger partial charge in [0.15, 0.2) is 0 Å². The Morgan fingerprint density at radius 3 is 2.52 bits per heavy atom. The van der Waals surface area contributed by atoms with Crippen LogP contribution in [0, 0.1) is 5.41 Å². The SMILES string of the molecule is CC(=O)NCc1ccc(C(=O)N2CCC(C)(CN)C2)cc1. The summed E-state index contributed by atoms with van der Waals surface area (Å²) < 4.78 is 0. The molecule has 0 aromatic heterocycles. The first-order valence-corrected chi connectivity index (χ1v) is 7.26. The number of likely N-dealkylation sites (tertiary alicyclic amines) is 1. The molecule has 2 amide bonds. The number of nitrogens with two attached hydrogens (primary N) is 1. The molecule has 0 saturated carbocycles. The van der Waals surface area contributed by atoms with Gasteiger partial charge in [-0.1, -0.05) is 19.1 Å². The highest BCUT2D eigenvalue weighted by atomic mass is 16.2. The Morgan fingerprint density at radius 2 is 2.00 bits per heavy atom. The first-order chi connectivity index (χ1) is 9.93. The molecular formula is C16H23N3O2. The Labute approximate surface area is 125 Å². The molecule has 5 nitrogen and oxygen atoms in total. The van der Waals surface area contributed by atoms with Gasteiger partial charge in [-0.3, -0.25) is 9.59 Å². The molecule has 1 unspecified atom stereocenters. The summed E-state index contributed by atoms with van der Waals surface area (Å²) in [5.41, 5.74) is 7.48. The second-order valence-electron chi connectivity index (χ2n) is 6.10. The fourth-order valence-electron chi connectivity index (χ4n) is 2.54. The van der Waals surface area contributed by atoms with E-state index in [1.165, 1.54) is 6.92 Å². The fourth-order valence-corrected chi connectivity index (χ4v) is 2.54. The normalized spacial score (nSPS) is 21.4. The second kappa shape index (κ2) is 6.26. The summed E-state index contributed by atoms with van der Waals surface area (Å²) in [5.74, 6) is -0.00783. The van der Waals surface area contributed by atoms with E-state index in [0.29, 0.717) is 18.7 Å². The van der Waals surface area contributed by atoms with Crippen LogP contribution in [0.25, 0.3) is 0 Å². The van der Waals surface area contributed by atoms with Gasteiger partial charge < -0.3 is 16.0 Å². The van der Waals surface area contributed by atoms with E-state index in [9.17, 15) is 9.59 Å². The number of nitrogens with zero attached hydrogens (tertiary/aromatic N) is 1. The van der Waals surface area contributed by atoms with Crippen molar-refractivity contribution >= 4 is 11.8 Å². The zero-order valence-electron chi connectivity index (χ0n) is 12.7. The molecule has 1 saturated heterocycles. The number of hydrogen-bond acceptors (Lipinski definition) is 3. The van der Waals surface area contributed by atoms with Crippen molar-refractivity contribution in [3.63, 3.8) is 0 Å². The van der Waals surface area contributed by atoms with Gasteiger partial charge in [-0.15, -0.1) is 0 Å². The summed E-state index contributed by atoms with van der Waals surface area (Å²) >= 11 is 0. The van der Waals surface area contributed by atoms with E-state index in [1.54, 1.807) is 0 Å². The van der Waals surface area contributed by atoms with Gasteiger partial charge in [-0.2, -0.15) is 0 Å². The lowest BCUT2D eigenvalue weighted by atomic mass is 9.90. The number of benzene rings is 1. The molecule has 1 aromatic carbocycles. The van der Waals surface area contributed by atoms with Crippen LogP contribution in [0.2, 0.25) is 0 Å². The van der Waals surface area contributed by atoms with Crippen LogP contribution in [-0.4, -0.2) is 36.3 Å². The summed E-state index contributed by atoms with van der Waals surface area (Å²) in [6.45, 7) is 6.18. The zero-order valence-corrected chi connectivity index (χ0v) is 12.7. The van der Waals surface area contributed by atoms with Gasteiger partial charge in [0.1, 0.15) is 0 Å². The second-order valence-corrected chi connectivity index (χ2v) is 6.10. The number of hydrogen-bond donors (Lipinski definition) is 2. The van der Waals surface area contributed by atoms with Gasteiger partial charge in [-0.25, -0.2) is 0 Å². The predicted octanol–water partition coefficient (Wildman–Crippen LogP) is 1.13. The van der Waals surface area contributed by atoms with E-state index in [1.807, 2.05) is 29.2 Å². The van der Waals surface area contributed by atoms with Crippen molar-refractivity contribution in [1.29, 1.82) is 0 Å². The third kappa shape index (κ3) is 3.82. The van der Waals surface area contributed by atoms with Crippen LogP contribution >= 0.6 is 0 Å². The average molecular weight is 289 g/mol. The van der Waals surface area contributed by atoms with E-state index >= 15 is 0 Å². The zero-order chi connectivity index (χ0) is 15.5. The molecule has 0 bridgehead atoms. The van der Waals surface area contributed by atoms with Crippen molar-refractivity contribution in [2.75, 3.05) is 19.6 Å². The molecule has 3 N–H and O–H groups in total. The molecule has 21 heavy (non-hydrogen) atoms. The summed E-state index contributed by atoms with van der Waals surface area (Å²) in [7, 11) is 0. The highest BCUT2D eigenvalue weighted by Crippen LogP contribution is 2.29. The van der Waals surface area contributed by atoms with Crippen LogP contribution in [0.1, 0.15) is 36.2 Å². The molecule has 1 aromatic rings. The topological polar surface area (TPSA) is 75.4 Å². The number of carbonyl (C=O) groups is 2. The Hall–Kier alpha value is -1.88. The van der Waals surface area contributed by atoms with Crippen LogP contribution in [0.4, 0.5) is 0 Å². The van der Waals surface area contributed by atoms with Gasteiger partial charge in [-0.05, 0) is 36.1 Å². The smallest absolute Gasteiger partial charge is 0.253 e. The maximum atomic E-state index is 12.4. The third-order valence-corrected chi connectivity index (χ3v) is 4.08. The monoisotopic (exact) mass is 289 g/mol. The van der Waals surface area contributed by atoms with E-state index in [0.717, 1.165) is 25.1 Å².